The first-order chi connectivity index (χ1) is 7.06. The molecular formula is C12H26N2O. The number of rotatable bonds is 6. The first-order valence-electron chi connectivity index (χ1n) is 6.08. The summed E-state index contributed by atoms with van der Waals surface area (Å²) in [7, 11) is 0. The fourth-order valence-corrected chi connectivity index (χ4v) is 2.13. The molecule has 0 aromatic carbocycles. The number of nitrogens with two attached hydrogens (primary N) is 1. The SMILES string of the molecule is CC(C)CC(CN)CNC1(C)CCOC1. The Kier molecular flexibility index (Phi) is 5.03. The molecule has 3 heteroatoms. The molecule has 0 radical (unpaired) electrons. The van der Waals surface area contributed by atoms with Crippen LogP contribution in [0.2, 0.25) is 0 Å². The van der Waals surface area contributed by atoms with E-state index in [0.29, 0.717) is 5.92 Å². The topological polar surface area (TPSA) is 47.3 Å². The van der Waals surface area contributed by atoms with Crippen molar-refractivity contribution in [2.75, 3.05) is 26.3 Å². The van der Waals surface area contributed by atoms with Gasteiger partial charge in [0.1, 0.15) is 0 Å². The van der Waals surface area contributed by atoms with Crippen molar-refractivity contribution in [3.63, 3.8) is 0 Å². The fraction of sp³-hybridized carbons (Fsp3) is 1.00. The maximum absolute atomic E-state index is 5.78. The summed E-state index contributed by atoms with van der Waals surface area (Å²) in [6, 6.07) is 0. The van der Waals surface area contributed by atoms with E-state index in [0.717, 1.165) is 38.6 Å². The molecule has 3 N–H and O–H groups in total. The Morgan fingerprint density at radius 1 is 1.47 bits per heavy atom. The molecule has 1 aliphatic heterocycles. The Hall–Kier alpha value is -0.120. The van der Waals surface area contributed by atoms with E-state index in [1.54, 1.807) is 0 Å². The van der Waals surface area contributed by atoms with Crippen molar-refractivity contribution in [3.05, 3.63) is 0 Å². The molecule has 1 saturated heterocycles. The molecule has 0 amide bonds. The lowest BCUT2D eigenvalue weighted by atomic mass is 9.95. The molecule has 15 heavy (non-hydrogen) atoms. The van der Waals surface area contributed by atoms with Crippen molar-refractivity contribution < 1.29 is 4.74 Å². The summed E-state index contributed by atoms with van der Waals surface area (Å²) >= 11 is 0. The zero-order chi connectivity index (χ0) is 11.3. The second-order valence-electron chi connectivity index (χ2n) is 5.48. The summed E-state index contributed by atoms with van der Waals surface area (Å²) in [5, 5.41) is 3.61. The molecule has 2 unspecified atom stereocenters. The predicted octanol–water partition coefficient (Wildman–Crippen LogP) is 1.38. The van der Waals surface area contributed by atoms with Crippen LogP contribution in [0, 0.1) is 11.8 Å². The second-order valence-corrected chi connectivity index (χ2v) is 5.48. The van der Waals surface area contributed by atoms with Crippen LogP contribution < -0.4 is 11.1 Å². The lowest BCUT2D eigenvalue weighted by Crippen LogP contribution is -2.46. The molecule has 1 rings (SSSR count). The van der Waals surface area contributed by atoms with Gasteiger partial charge in [-0.2, -0.15) is 0 Å². The van der Waals surface area contributed by atoms with Crippen LogP contribution in [0.1, 0.15) is 33.6 Å². The molecule has 3 nitrogen and oxygen atoms in total. The van der Waals surface area contributed by atoms with E-state index in [2.05, 4.69) is 26.1 Å². The summed E-state index contributed by atoms with van der Waals surface area (Å²) in [6.45, 7) is 10.3. The minimum atomic E-state index is 0.185. The number of hydrogen-bond donors (Lipinski definition) is 2. The van der Waals surface area contributed by atoms with Crippen LogP contribution in [0.3, 0.4) is 0 Å². The molecule has 2 atom stereocenters. The first-order valence-corrected chi connectivity index (χ1v) is 6.08. The van der Waals surface area contributed by atoms with E-state index in [1.807, 2.05) is 0 Å². The molecular weight excluding hydrogens is 188 g/mol. The minimum absolute atomic E-state index is 0.185. The Labute approximate surface area is 93.8 Å². The van der Waals surface area contributed by atoms with Crippen LogP contribution in [-0.2, 0) is 4.74 Å². The van der Waals surface area contributed by atoms with Crippen LogP contribution in [-0.4, -0.2) is 31.8 Å². The molecule has 1 heterocycles. The maximum Gasteiger partial charge on any atom is 0.0646 e. The third-order valence-corrected chi connectivity index (χ3v) is 3.17. The van der Waals surface area contributed by atoms with Crippen molar-refractivity contribution in [1.82, 2.24) is 5.32 Å². The van der Waals surface area contributed by atoms with Crippen LogP contribution in [0.25, 0.3) is 0 Å². The minimum Gasteiger partial charge on any atom is -0.379 e. The van der Waals surface area contributed by atoms with Crippen LogP contribution in [0.15, 0.2) is 0 Å². The summed E-state index contributed by atoms with van der Waals surface area (Å²) in [4.78, 5) is 0. The fourth-order valence-electron chi connectivity index (χ4n) is 2.13. The van der Waals surface area contributed by atoms with Gasteiger partial charge < -0.3 is 15.8 Å². The molecule has 1 aliphatic rings. The highest BCUT2D eigenvalue weighted by Gasteiger charge is 2.29. The van der Waals surface area contributed by atoms with Gasteiger partial charge in [0.25, 0.3) is 0 Å². The first kappa shape index (κ1) is 12.9. The van der Waals surface area contributed by atoms with E-state index in [4.69, 9.17) is 10.5 Å². The molecule has 1 fully saturated rings. The quantitative estimate of drug-likeness (QED) is 0.702. The highest BCUT2D eigenvalue weighted by Crippen LogP contribution is 2.18. The van der Waals surface area contributed by atoms with Gasteiger partial charge in [0.2, 0.25) is 0 Å². The Balaban J connectivity index is 2.26. The van der Waals surface area contributed by atoms with Gasteiger partial charge in [-0.15, -0.1) is 0 Å². The zero-order valence-electron chi connectivity index (χ0n) is 10.4. The van der Waals surface area contributed by atoms with Crippen molar-refractivity contribution in [1.29, 1.82) is 0 Å². The van der Waals surface area contributed by atoms with Gasteiger partial charge in [0.05, 0.1) is 6.61 Å². The highest BCUT2D eigenvalue weighted by atomic mass is 16.5. The molecule has 0 saturated carbocycles. The number of nitrogens with one attached hydrogen (secondary N) is 1. The Morgan fingerprint density at radius 2 is 2.20 bits per heavy atom. The van der Waals surface area contributed by atoms with Crippen molar-refractivity contribution in [2.24, 2.45) is 17.6 Å². The predicted molar refractivity (Wildman–Crippen MR) is 63.8 cm³/mol. The summed E-state index contributed by atoms with van der Waals surface area (Å²) in [5.41, 5.74) is 5.96. The average molecular weight is 214 g/mol. The van der Waals surface area contributed by atoms with E-state index < -0.39 is 0 Å². The largest absolute Gasteiger partial charge is 0.379 e. The molecule has 0 aliphatic carbocycles. The third kappa shape index (κ3) is 4.49. The molecule has 0 aromatic heterocycles. The molecule has 0 aromatic rings. The zero-order valence-corrected chi connectivity index (χ0v) is 10.4. The van der Waals surface area contributed by atoms with Gasteiger partial charge in [0.15, 0.2) is 0 Å². The van der Waals surface area contributed by atoms with Gasteiger partial charge in [0, 0.05) is 12.1 Å². The van der Waals surface area contributed by atoms with Crippen molar-refractivity contribution in [3.8, 4) is 0 Å². The van der Waals surface area contributed by atoms with Crippen molar-refractivity contribution in [2.45, 2.75) is 39.2 Å². The molecule has 0 spiro atoms. The molecule has 90 valence electrons. The summed E-state index contributed by atoms with van der Waals surface area (Å²) in [5.74, 6) is 1.33. The monoisotopic (exact) mass is 214 g/mol. The van der Waals surface area contributed by atoms with Crippen molar-refractivity contribution >= 4 is 0 Å². The summed E-state index contributed by atoms with van der Waals surface area (Å²) in [6.07, 6.45) is 2.33. The highest BCUT2D eigenvalue weighted by molar-refractivity contribution is 4.87. The Bertz CT molecular complexity index is 176. The van der Waals surface area contributed by atoms with E-state index >= 15 is 0 Å². The van der Waals surface area contributed by atoms with Gasteiger partial charge in [-0.05, 0) is 44.7 Å². The van der Waals surface area contributed by atoms with E-state index in [9.17, 15) is 0 Å². The van der Waals surface area contributed by atoms with E-state index in [1.165, 1.54) is 6.42 Å². The smallest absolute Gasteiger partial charge is 0.0646 e. The number of hydrogen-bond acceptors (Lipinski definition) is 3. The number of ether oxygens (including phenoxy) is 1. The van der Waals surface area contributed by atoms with Gasteiger partial charge >= 0.3 is 0 Å². The lowest BCUT2D eigenvalue weighted by Gasteiger charge is -2.27. The molecule has 0 bridgehead atoms. The van der Waals surface area contributed by atoms with Gasteiger partial charge in [-0.1, -0.05) is 13.8 Å². The maximum atomic E-state index is 5.78. The van der Waals surface area contributed by atoms with Crippen LogP contribution >= 0.6 is 0 Å². The standard InChI is InChI=1S/C12H26N2O/c1-10(2)6-11(7-13)8-14-12(3)4-5-15-9-12/h10-11,14H,4-9,13H2,1-3H3. The van der Waals surface area contributed by atoms with E-state index in [-0.39, 0.29) is 5.54 Å². The van der Waals surface area contributed by atoms with Crippen LogP contribution in [0.5, 0.6) is 0 Å². The Morgan fingerprint density at radius 3 is 2.67 bits per heavy atom. The van der Waals surface area contributed by atoms with Gasteiger partial charge in [-0.3, -0.25) is 0 Å². The average Bonchev–Trinajstić information content (AvgIpc) is 2.60. The third-order valence-electron chi connectivity index (χ3n) is 3.17. The second kappa shape index (κ2) is 5.83. The lowest BCUT2D eigenvalue weighted by molar-refractivity contribution is 0.169. The van der Waals surface area contributed by atoms with Gasteiger partial charge in [-0.25, -0.2) is 0 Å². The normalized spacial score (nSPS) is 28.6. The summed E-state index contributed by atoms with van der Waals surface area (Å²) < 4.78 is 5.41. The van der Waals surface area contributed by atoms with Crippen LogP contribution in [0.4, 0.5) is 0 Å².